The highest BCUT2D eigenvalue weighted by molar-refractivity contribution is 5.98. The van der Waals surface area contributed by atoms with Gasteiger partial charge in [-0.1, -0.05) is 17.3 Å². The van der Waals surface area contributed by atoms with Gasteiger partial charge in [0.1, 0.15) is 17.3 Å². The molecule has 1 aliphatic heterocycles. The van der Waals surface area contributed by atoms with Crippen molar-refractivity contribution in [3.05, 3.63) is 60.3 Å². The molecule has 0 atom stereocenters. The number of carbonyl (C=O) groups is 1. The van der Waals surface area contributed by atoms with Crippen LogP contribution in [0.2, 0.25) is 0 Å². The van der Waals surface area contributed by atoms with Crippen molar-refractivity contribution < 1.29 is 4.79 Å². The molecule has 0 amide bonds. The minimum atomic E-state index is -0.0174. The maximum atomic E-state index is 13.1. The molecule has 174 valence electrons. The van der Waals surface area contributed by atoms with Gasteiger partial charge in [0.25, 0.3) is 0 Å². The van der Waals surface area contributed by atoms with Gasteiger partial charge < -0.3 is 9.80 Å². The molecule has 0 unspecified atom stereocenters. The SMILES string of the molecule is CN(C)C1CCN(c2cc(C(=O)Cc3ncc4ccc(-c5cn(C)nn5)cc4n3)ccn2)CC1. The molecular weight excluding hydrogens is 428 g/mol. The standard InChI is InChI=1S/C25H28N8O/c1-31(2)20-7-10-33(11-8-20)25-13-18(6-9-26-25)23(34)14-24-27-15-19-5-4-17(12-21(19)28-24)22-16-32(3)30-29-22/h4-6,9,12-13,15-16,20H,7-8,10-11,14H2,1-3H3. The Morgan fingerprint density at radius 2 is 1.94 bits per heavy atom. The molecule has 0 radical (unpaired) electrons. The van der Waals surface area contributed by atoms with Crippen molar-refractivity contribution >= 4 is 22.5 Å². The summed E-state index contributed by atoms with van der Waals surface area (Å²) < 4.78 is 1.66. The van der Waals surface area contributed by atoms with Gasteiger partial charge in [-0.15, -0.1) is 5.10 Å². The first-order chi connectivity index (χ1) is 16.5. The van der Waals surface area contributed by atoms with Crippen LogP contribution >= 0.6 is 0 Å². The lowest BCUT2D eigenvalue weighted by molar-refractivity contribution is 0.0991. The average Bonchev–Trinajstić information content (AvgIpc) is 3.30. The number of carbonyl (C=O) groups excluding carboxylic acids is 1. The second-order valence-electron chi connectivity index (χ2n) is 9.02. The van der Waals surface area contributed by atoms with Crippen molar-refractivity contribution in [2.24, 2.45) is 7.05 Å². The minimum absolute atomic E-state index is 0.0174. The molecule has 9 nitrogen and oxygen atoms in total. The minimum Gasteiger partial charge on any atom is -0.356 e. The Morgan fingerprint density at radius 3 is 2.68 bits per heavy atom. The second kappa shape index (κ2) is 9.26. The van der Waals surface area contributed by atoms with E-state index in [9.17, 15) is 4.79 Å². The number of pyridine rings is 1. The first kappa shape index (κ1) is 22.1. The van der Waals surface area contributed by atoms with Crippen LogP contribution in [0.25, 0.3) is 22.2 Å². The molecule has 34 heavy (non-hydrogen) atoms. The highest BCUT2D eigenvalue weighted by Crippen LogP contribution is 2.23. The van der Waals surface area contributed by atoms with Crippen LogP contribution in [0.5, 0.6) is 0 Å². The first-order valence-electron chi connectivity index (χ1n) is 11.5. The van der Waals surface area contributed by atoms with Gasteiger partial charge in [-0.3, -0.25) is 9.48 Å². The lowest BCUT2D eigenvalue weighted by atomic mass is 10.0. The van der Waals surface area contributed by atoms with E-state index >= 15 is 0 Å². The predicted molar refractivity (Wildman–Crippen MR) is 131 cm³/mol. The second-order valence-corrected chi connectivity index (χ2v) is 9.02. The fourth-order valence-electron chi connectivity index (χ4n) is 4.41. The Kier molecular flexibility index (Phi) is 6.02. The fourth-order valence-corrected chi connectivity index (χ4v) is 4.41. The zero-order valence-corrected chi connectivity index (χ0v) is 19.7. The van der Waals surface area contributed by atoms with Crippen LogP contribution in [-0.4, -0.2) is 73.9 Å². The molecule has 3 aromatic heterocycles. The number of benzene rings is 1. The summed E-state index contributed by atoms with van der Waals surface area (Å²) in [5.74, 6) is 1.34. The topological polar surface area (TPSA) is 92.9 Å². The van der Waals surface area contributed by atoms with Gasteiger partial charge in [-0.05, 0) is 45.1 Å². The van der Waals surface area contributed by atoms with Gasteiger partial charge in [0.05, 0.1) is 18.1 Å². The summed E-state index contributed by atoms with van der Waals surface area (Å²) in [5, 5.41) is 9.07. The lowest BCUT2D eigenvalue weighted by Crippen LogP contribution is -2.42. The molecule has 0 N–H and O–H groups in total. The van der Waals surface area contributed by atoms with E-state index < -0.39 is 0 Å². The van der Waals surface area contributed by atoms with E-state index in [1.807, 2.05) is 37.5 Å². The molecule has 5 rings (SSSR count). The number of aryl methyl sites for hydroxylation is 1. The number of hydrogen-bond acceptors (Lipinski definition) is 8. The molecule has 0 bridgehead atoms. The smallest absolute Gasteiger partial charge is 0.170 e. The van der Waals surface area contributed by atoms with Crippen LogP contribution in [0.15, 0.2) is 48.9 Å². The lowest BCUT2D eigenvalue weighted by Gasteiger charge is -2.35. The van der Waals surface area contributed by atoms with E-state index in [4.69, 9.17) is 0 Å². The van der Waals surface area contributed by atoms with Gasteiger partial charge >= 0.3 is 0 Å². The molecule has 1 aliphatic rings. The summed E-state index contributed by atoms with van der Waals surface area (Å²) in [7, 11) is 6.09. The van der Waals surface area contributed by atoms with E-state index in [-0.39, 0.29) is 12.2 Å². The number of anilines is 1. The summed E-state index contributed by atoms with van der Waals surface area (Å²) in [6.45, 7) is 1.88. The molecule has 0 saturated carbocycles. The third-order valence-corrected chi connectivity index (χ3v) is 6.44. The normalized spacial score (nSPS) is 14.8. The van der Waals surface area contributed by atoms with Crippen molar-refractivity contribution in [1.82, 2.24) is 34.8 Å². The largest absolute Gasteiger partial charge is 0.356 e. The maximum Gasteiger partial charge on any atom is 0.170 e. The molecule has 4 heterocycles. The Labute approximate surface area is 198 Å². The van der Waals surface area contributed by atoms with Crippen molar-refractivity contribution in [1.29, 1.82) is 0 Å². The van der Waals surface area contributed by atoms with Crippen LogP contribution in [-0.2, 0) is 13.5 Å². The number of fused-ring (bicyclic) bond motifs is 1. The zero-order valence-electron chi connectivity index (χ0n) is 19.7. The third kappa shape index (κ3) is 4.65. The third-order valence-electron chi connectivity index (χ3n) is 6.44. The molecule has 1 aromatic carbocycles. The highest BCUT2D eigenvalue weighted by atomic mass is 16.1. The van der Waals surface area contributed by atoms with Gasteiger partial charge in [-0.2, -0.15) is 0 Å². The van der Waals surface area contributed by atoms with Crippen LogP contribution in [0, 0.1) is 0 Å². The monoisotopic (exact) mass is 456 g/mol. The van der Waals surface area contributed by atoms with Gasteiger partial charge in [0.15, 0.2) is 5.78 Å². The van der Waals surface area contributed by atoms with Crippen molar-refractivity contribution in [3.63, 3.8) is 0 Å². The van der Waals surface area contributed by atoms with Crippen LogP contribution in [0.4, 0.5) is 5.82 Å². The molecule has 9 heteroatoms. The van der Waals surface area contributed by atoms with Crippen molar-refractivity contribution in [3.8, 4) is 11.3 Å². The summed E-state index contributed by atoms with van der Waals surface area (Å²) in [5.41, 5.74) is 3.12. The van der Waals surface area contributed by atoms with E-state index in [0.29, 0.717) is 17.4 Å². The van der Waals surface area contributed by atoms with E-state index in [1.54, 1.807) is 23.1 Å². The zero-order chi connectivity index (χ0) is 23.7. The number of ketones is 1. The molecule has 1 saturated heterocycles. The first-order valence-corrected chi connectivity index (χ1v) is 11.5. The van der Waals surface area contributed by atoms with Crippen LogP contribution in [0.1, 0.15) is 29.0 Å². The van der Waals surface area contributed by atoms with E-state index in [1.165, 1.54) is 0 Å². The Morgan fingerprint density at radius 1 is 1.12 bits per heavy atom. The maximum absolute atomic E-state index is 13.1. The molecule has 0 aliphatic carbocycles. The van der Waals surface area contributed by atoms with Crippen molar-refractivity contribution in [2.45, 2.75) is 25.3 Å². The highest BCUT2D eigenvalue weighted by Gasteiger charge is 2.22. The van der Waals surface area contributed by atoms with Crippen molar-refractivity contribution in [2.75, 3.05) is 32.1 Å². The summed E-state index contributed by atoms with van der Waals surface area (Å²) >= 11 is 0. The molecule has 1 fully saturated rings. The van der Waals surface area contributed by atoms with E-state index in [0.717, 1.165) is 53.9 Å². The molecule has 0 spiro atoms. The summed E-state index contributed by atoms with van der Waals surface area (Å²) in [6, 6.07) is 10.1. The summed E-state index contributed by atoms with van der Waals surface area (Å²) in [6.07, 6.45) is 7.66. The Balaban J connectivity index is 1.32. The fraction of sp³-hybridized carbons (Fsp3) is 0.360. The Bertz CT molecular complexity index is 1320. The quantitative estimate of drug-likeness (QED) is 0.409. The average molecular weight is 457 g/mol. The molecular formula is C25H28N8O. The number of nitrogens with zero attached hydrogens (tertiary/aromatic N) is 8. The number of piperidine rings is 1. The number of rotatable bonds is 6. The van der Waals surface area contributed by atoms with Crippen LogP contribution < -0.4 is 4.90 Å². The molecule has 4 aromatic rings. The van der Waals surface area contributed by atoms with E-state index in [2.05, 4.69) is 49.2 Å². The number of hydrogen-bond donors (Lipinski definition) is 0. The number of aromatic nitrogens is 6. The van der Waals surface area contributed by atoms with Gasteiger partial charge in [0.2, 0.25) is 0 Å². The number of Topliss-reactive ketones (excluding diaryl/α,β-unsaturated/α-hetero) is 1. The summed E-state index contributed by atoms with van der Waals surface area (Å²) in [4.78, 5) is 31.2. The van der Waals surface area contributed by atoms with Gasteiger partial charge in [-0.25, -0.2) is 15.0 Å². The predicted octanol–water partition coefficient (Wildman–Crippen LogP) is 2.78. The van der Waals surface area contributed by atoms with Crippen LogP contribution in [0.3, 0.4) is 0 Å². The Hall–Kier alpha value is -3.72. The van der Waals surface area contributed by atoms with Gasteiger partial charge in [0, 0.05) is 55.1 Å².